The van der Waals surface area contributed by atoms with E-state index < -0.39 is 6.10 Å². The Morgan fingerprint density at radius 1 is 1.22 bits per heavy atom. The molecule has 0 spiro atoms. The summed E-state index contributed by atoms with van der Waals surface area (Å²) < 4.78 is 5.83. The van der Waals surface area contributed by atoms with Gasteiger partial charge in [0.1, 0.15) is 6.10 Å². The molecule has 6 nitrogen and oxygen atoms in total. The lowest BCUT2D eigenvalue weighted by molar-refractivity contribution is -0.145. The summed E-state index contributed by atoms with van der Waals surface area (Å²) in [6, 6.07) is 9.88. The van der Waals surface area contributed by atoms with Gasteiger partial charge in [-0.1, -0.05) is 25.5 Å². The van der Waals surface area contributed by atoms with Crippen molar-refractivity contribution < 1.29 is 14.6 Å². The Bertz CT molecular complexity index is 944. The summed E-state index contributed by atoms with van der Waals surface area (Å²) in [6.45, 7) is 8.59. The van der Waals surface area contributed by atoms with Crippen LogP contribution in [0.3, 0.4) is 0 Å². The van der Waals surface area contributed by atoms with Gasteiger partial charge in [0, 0.05) is 56.2 Å². The monoisotopic (exact) mass is 435 g/mol. The number of nitriles is 1. The number of rotatable bonds is 3. The molecule has 1 aromatic carbocycles. The van der Waals surface area contributed by atoms with Crippen LogP contribution in [0.1, 0.15) is 38.7 Å². The van der Waals surface area contributed by atoms with E-state index in [0.717, 1.165) is 51.1 Å². The van der Waals surface area contributed by atoms with Crippen LogP contribution >= 0.6 is 0 Å². The highest BCUT2D eigenvalue weighted by Gasteiger charge is 2.59. The van der Waals surface area contributed by atoms with Crippen LogP contribution in [0.25, 0.3) is 0 Å². The topological polar surface area (TPSA) is 76.8 Å². The highest BCUT2D eigenvalue weighted by atomic mass is 16.6. The van der Waals surface area contributed by atoms with Crippen molar-refractivity contribution in [2.75, 3.05) is 37.6 Å². The third kappa shape index (κ3) is 3.43. The first-order valence-electron chi connectivity index (χ1n) is 12.0. The van der Waals surface area contributed by atoms with E-state index in [4.69, 9.17) is 10.00 Å². The maximum absolute atomic E-state index is 12.9. The fraction of sp³-hybridized carbons (Fsp3) is 0.615. The lowest BCUT2D eigenvalue weighted by atomic mass is 9.55. The van der Waals surface area contributed by atoms with Crippen LogP contribution in [0.15, 0.2) is 35.9 Å². The summed E-state index contributed by atoms with van der Waals surface area (Å²) in [5.74, 6) is -0.111. The number of hydrogen-bond acceptors (Lipinski definition) is 6. The molecule has 32 heavy (non-hydrogen) atoms. The normalized spacial score (nSPS) is 37.2. The summed E-state index contributed by atoms with van der Waals surface area (Å²) >= 11 is 0. The minimum absolute atomic E-state index is 0.123. The number of piperazine rings is 1. The molecule has 0 amide bonds. The number of anilines is 1. The van der Waals surface area contributed by atoms with Crippen molar-refractivity contribution in [3.8, 4) is 6.07 Å². The molecule has 1 N–H and O–H groups in total. The molecule has 3 fully saturated rings. The molecule has 2 saturated heterocycles. The lowest BCUT2D eigenvalue weighted by Gasteiger charge is -2.52. The lowest BCUT2D eigenvalue weighted by Crippen LogP contribution is -2.55. The van der Waals surface area contributed by atoms with Crippen molar-refractivity contribution in [1.29, 1.82) is 5.26 Å². The van der Waals surface area contributed by atoms with E-state index >= 15 is 0 Å². The van der Waals surface area contributed by atoms with Gasteiger partial charge in [0.15, 0.2) is 0 Å². The van der Waals surface area contributed by atoms with E-state index in [1.165, 1.54) is 5.57 Å². The van der Waals surface area contributed by atoms with Crippen molar-refractivity contribution in [3.63, 3.8) is 0 Å². The van der Waals surface area contributed by atoms with E-state index in [0.29, 0.717) is 18.0 Å². The van der Waals surface area contributed by atoms with E-state index in [1.807, 2.05) is 24.3 Å². The van der Waals surface area contributed by atoms with Crippen LogP contribution in [-0.2, 0) is 9.53 Å². The number of hydrogen-bond donors (Lipinski definition) is 1. The first kappa shape index (κ1) is 21.5. The molecular formula is C26H33N3O3. The number of esters is 1. The predicted octanol–water partition coefficient (Wildman–Crippen LogP) is 2.97. The molecule has 0 unspecified atom stereocenters. The Morgan fingerprint density at radius 2 is 1.94 bits per heavy atom. The molecule has 0 aromatic heterocycles. The number of allylic oxidation sites excluding steroid dienone is 1. The van der Waals surface area contributed by atoms with E-state index in [-0.39, 0.29) is 29.3 Å². The quantitative estimate of drug-likeness (QED) is 0.581. The van der Waals surface area contributed by atoms with Crippen molar-refractivity contribution >= 4 is 11.7 Å². The Labute approximate surface area is 190 Å². The van der Waals surface area contributed by atoms with Gasteiger partial charge < -0.3 is 14.7 Å². The van der Waals surface area contributed by atoms with Crippen LogP contribution in [0.5, 0.6) is 0 Å². The first-order chi connectivity index (χ1) is 15.4. The largest absolute Gasteiger partial charge is 0.461 e. The van der Waals surface area contributed by atoms with Crippen LogP contribution in [0.2, 0.25) is 0 Å². The summed E-state index contributed by atoms with van der Waals surface area (Å²) in [6.07, 6.45) is 4.47. The van der Waals surface area contributed by atoms with Gasteiger partial charge >= 0.3 is 5.97 Å². The number of fused-ring (bicyclic) bond motifs is 2. The molecule has 1 saturated carbocycles. The van der Waals surface area contributed by atoms with Gasteiger partial charge in [-0.25, -0.2) is 0 Å². The minimum Gasteiger partial charge on any atom is -0.461 e. The van der Waals surface area contributed by atoms with Crippen molar-refractivity contribution in [1.82, 2.24) is 4.90 Å². The van der Waals surface area contributed by atoms with Gasteiger partial charge in [0.05, 0.1) is 23.7 Å². The highest BCUT2D eigenvalue weighted by molar-refractivity contribution is 5.76. The molecule has 2 heterocycles. The van der Waals surface area contributed by atoms with Crippen molar-refractivity contribution in [2.45, 2.75) is 45.3 Å². The van der Waals surface area contributed by atoms with Gasteiger partial charge in [-0.2, -0.15) is 5.26 Å². The number of carbonyl (C=O) groups excluding carboxylic acids is 1. The number of aliphatic hydroxyl groups excluding tert-OH is 1. The molecule has 170 valence electrons. The smallest absolute Gasteiger partial charge is 0.311 e. The number of nitrogens with zero attached hydrogens (tertiary/aromatic N) is 3. The van der Waals surface area contributed by atoms with Crippen molar-refractivity contribution in [2.24, 2.45) is 23.2 Å². The summed E-state index contributed by atoms with van der Waals surface area (Å²) in [7, 11) is 0. The predicted molar refractivity (Wildman–Crippen MR) is 122 cm³/mol. The second-order valence-electron chi connectivity index (χ2n) is 10.2. The SMILES string of the molecule is C[C@@H]1CCC=C2C[C@H]3OC(=O)[C@H](CN4CCN(c5ccc(C#N)cc5)CC4)[C@H]3[C@@H](O)[C@@]21C. The standard InChI is InChI=1S/C26H33N3O3/c1-17-4-3-5-19-14-22-23(24(30)26(17,19)2)21(25(31)32-22)16-28-10-12-29(13-11-28)20-8-6-18(15-27)7-9-20/h5-9,17,21-24,30H,3-4,10-14,16H2,1-2H3/t17-,21-,22-,23-,24-,26-/m1/s1. The van der Waals surface area contributed by atoms with Gasteiger partial charge in [-0.3, -0.25) is 9.69 Å². The van der Waals surface area contributed by atoms with Gasteiger partial charge in [0.2, 0.25) is 0 Å². The second kappa shape index (κ2) is 8.20. The molecule has 1 aromatic rings. The van der Waals surface area contributed by atoms with E-state index in [9.17, 15) is 9.90 Å². The Hall–Kier alpha value is -2.36. The molecule has 6 atom stereocenters. The third-order valence-corrected chi connectivity index (χ3v) is 8.76. The maximum Gasteiger partial charge on any atom is 0.311 e. The summed E-state index contributed by atoms with van der Waals surface area (Å²) in [5, 5.41) is 20.5. The number of aliphatic hydroxyl groups is 1. The van der Waals surface area contributed by atoms with Crippen LogP contribution < -0.4 is 4.90 Å². The maximum atomic E-state index is 12.9. The zero-order chi connectivity index (χ0) is 22.5. The Balaban J connectivity index is 1.26. The molecule has 0 radical (unpaired) electrons. The minimum atomic E-state index is -0.542. The zero-order valence-corrected chi connectivity index (χ0v) is 19.0. The number of benzene rings is 1. The summed E-state index contributed by atoms with van der Waals surface area (Å²) in [5.41, 5.74) is 2.84. The Morgan fingerprint density at radius 3 is 2.62 bits per heavy atom. The van der Waals surface area contributed by atoms with E-state index in [1.54, 1.807) is 0 Å². The Kier molecular flexibility index (Phi) is 5.51. The zero-order valence-electron chi connectivity index (χ0n) is 19.0. The first-order valence-corrected chi connectivity index (χ1v) is 12.0. The van der Waals surface area contributed by atoms with E-state index in [2.05, 4.69) is 35.8 Å². The van der Waals surface area contributed by atoms with Crippen LogP contribution in [-0.4, -0.2) is 60.9 Å². The summed E-state index contributed by atoms with van der Waals surface area (Å²) in [4.78, 5) is 17.6. The van der Waals surface area contributed by atoms with Gasteiger partial charge in [0.25, 0.3) is 0 Å². The third-order valence-electron chi connectivity index (χ3n) is 8.76. The van der Waals surface area contributed by atoms with Crippen molar-refractivity contribution in [3.05, 3.63) is 41.5 Å². The molecule has 2 aliphatic carbocycles. The van der Waals surface area contributed by atoms with Gasteiger partial charge in [-0.15, -0.1) is 0 Å². The average Bonchev–Trinajstić information content (AvgIpc) is 3.11. The fourth-order valence-corrected chi connectivity index (χ4v) is 6.49. The molecule has 4 aliphatic rings. The van der Waals surface area contributed by atoms with Crippen LogP contribution in [0, 0.1) is 34.5 Å². The molecule has 0 bridgehead atoms. The van der Waals surface area contributed by atoms with Crippen LogP contribution in [0.4, 0.5) is 5.69 Å². The average molecular weight is 436 g/mol. The highest BCUT2D eigenvalue weighted by Crippen LogP contribution is 2.56. The van der Waals surface area contributed by atoms with Gasteiger partial charge in [-0.05, 0) is 43.0 Å². The molecular weight excluding hydrogens is 402 g/mol. The molecule has 2 aliphatic heterocycles. The number of ether oxygens (including phenoxy) is 1. The molecule has 5 rings (SSSR count). The molecule has 6 heteroatoms. The fourth-order valence-electron chi connectivity index (χ4n) is 6.49. The second-order valence-corrected chi connectivity index (χ2v) is 10.2. The number of carbonyl (C=O) groups is 1.